The molecule has 0 unspecified atom stereocenters. The molecule has 0 aliphatic carbocycles. The van der Waals surface area contributed by atoms with E-state index in [1.807, 2.05) is 66.2 Å². The zero-order valence-electron chi connectivity index (χ0n) is 17.6. The van der Waals surface area contributed by atoms with Gasteiger partial charge in [0, 0.05) is 20.8 Å². The SMILES string of the molecule is CC(C)(C)C(N)=O.CSc1ccc(C(=O)Nc2cc(-c3cccs3)ccc2N)cc1. The second-order valence-corrected chi connectivity index (χ2v) is 9.40. The summed E-state index contributed by atoms with van der Waals surface area (Å²) in [6, 6.07) is 17.3. The number of hydrogen-bond acceptors (Lipinski definition) is 5. The number of benzene rings is 2. The van der Waals surface area contributed by atoms with Crippen LogP contribution >= 0.6 is 23.1 Å². The molecule has 2 aromatic carbocycles. The molecular weight excluding hydrogens is 414 g/mol. The second-order valence-electron chi connectivity index (χ2n) is 7.58. The van der Waals surface area contributed by atoms with Crippen molar-refractivity contribution in [2.45, 2.75) is 25.7 Å². The molecule has 1 heterocycles. The zero-order chi connectivity index (χ0) is 22.3. The number of carbonyl (C=O) groups is 2. The summed E-state index contributed by atoms with van der Waals surface area (Å²) in [6.45, 7) is 5.36. The average Bonchev–Trinajstić information content (AvgIpc) is 3.24. The van der Waals surface area contributed by atoms with Crippen molar-refractivity contribution >= 4 is 46.3 Å². The maximum Gasteiger partial charge on any atom is 0.255 e. The maximum absolute atomic E-state index is 12.4. The Balaban J connectivity index is 0.000000396. The summed E-state index contributed by atoms with van der Waals surface area (Å²) < 4.78 is 0. The standard InChI is InChI=1S/C18H16N2OS2.C5H11NO/c1-22-14-7-4-12(5-8-14)18(21)20-16-11-13(6-9-15(16)19)17-3-2-10-23-17;1-5(2,3)4(6)7/h2-11H,19H2,1H3,(H,20,21);1-3H3,(H2,6,7). The minimum absolute atomic E-state index is 0.160. The first-order valence-corrected chi connectivity index (χ1v) is 11.4. The van der Waals surface area contributed by atoms with Crippen molar-refractivity contribution in [1.82, 2.24) is 0 Å². The molecule has 3 aromatic rings. The molecule has 5 N–H and O–H groups in total. The fourth-order valence-corrected chi connectivity index (χ4v) is 3.33. The molecule has 2 amide bonds. The van der Waals surface area contributed by atoms with E-state index in [4.69, 9.17) is 11.5 Å². The van der Waals surface area contributed by atoms with E-state index in [1.54, 1.807) is 43.9 Å². The van der Waals surface area contributed by atoms with Crippen molar-refractivity contribution in [3.05, 3.63) is 65.5 Å². The molecule has 30 heavy (non-hydrogen) atoms. The maximum atomic E-state index is 12.4. The number of rotatable bonds is 4. The third kappa shape index (κ3) is 6.64. The normalized spacial score (nSPS) is 10.7. The minimum Gasteiger partial charge on any atom is -0.397 e. The minimum atomic E-state index is -0.361. The Morgan fingerprint density at radius 3 is 2.17 bits per heavy atom. The van der Waals surface area contributed by atoms with Crippen LogP contribution in [0.25, 0.3) is 10.4 Å². The summed E-state index contributed by atoms with van der Waals surface area (Å²) >= 11 is 3.30. The van der Waals surface area contributed by atoms with Gasteiger partial charge in [-0.25, -0.2) is 0 Å². The van der Waals surface area contributed by atoms with Gasteiger partial charge in [0.25, 0.3) is 5.91 Å². The first kappa shape index (κ1) is 23.5. The summed E-state index contributed by atoms with van der Waals surface area (Å²) in [5.74, 6) is -0.416. The van der Waals surface area contributed by atoms with Crippen LogP contribution in [0.3, 0.4) is 0 Å². The number of nitrogens with two attached hydrogens (primary N) is 2. The van der Waals surface area contributed by atoms with Crippen LogP contribution in [0.4, 0.5) is 11.4 Å². The molecule has 158 valence electrons. The topological polar surface area (TPSA) is 98.2 Å². The molecule has 5 nitrogen and oxygen atoms in total. The van der Waals surface area contributed by atoms with Crippen LogP contribution in [0.2, 0.25) is 0 Å². The Hall–Kier alpha value is -2.77. The number of amides is 2. The molecule has 0 spiro atoms. The summed E-state index contributed by atoms with van der Waals surface area (Å²) in [4.78, 5) is 24.9. The molecule has 0 radical (unpaired) electrons. The van der Waals surface area contributed by atoms with E-state index < -0.39 is 0 Å². The smallest absolute Gasteiger partial charge is 0.255 e. The van der Waals surface area contributed by atoms with Gasteiger partial charge in [-0.1, -0.05) is 32.9 Å². The number of primary amides is 1. The highest BCUT2D eigenvalue weighted by atomic mass is 32.2. The second kappa shape index (κ2) is 10.3. The lowest BCUT2D eigenvalue weighted by molar-refractivity contribution is -0.125. The number of carbonyl (C=O) groups excluding carboxylic acids is 2. The van der Waals surface area contributed by atoms with Crippen molar-refractivity contribution in [2.24, 2.45) is 11.1 Å². The number of anilines is 2. The number of hydrogen-bond donors (Lipinski definition) is 3. The van der Waals surface area contributed by atoms with Gasteiger partial charge >= 0.3 is 0 Å². The summed E-state index contributed by atoms with van der Waals surface area (Å²) in [5.41, 5.74) is 13.4. The zero-order valence-corrected chi connectivity index (χ0v) is 19.2. The van der Waals surface area contributed by atoms with Gasteiger partial charge in [-0.2, -0.15) is 0 Å². The number of thiophene rings is 1. The van der Waals surface area contributed by atoms with Gasteiger partial charge in [-0.05, 0) is 59.7 Å². The predicted molar refractivity (Wildman–Crippen MR) is 129 cm³/mol. The quantitative estimate of drug-likeness (QED) is 0.368. The lowest BCUT2D eigenvalue weighted by atomic mass is 9.96. The van der Waals surface area contributed by atoms with Crippen LogP contribution in [0.5, 0.6) is 0 Å². The van der Waals surface area contributed by atoms with Crippen LogP contribution in [-0.2, 0) is 4.79 Å². The molecule has 1 aromatic heterocycles. The number of nitrogens with one attached hydrogen (secondary N) is 1. The average molecular weight is 442 g/mol. The molecule has 0 fully saturated rings. The molecule has 0 atom stereocenters. The Morgan fingerprint density at radius 1 is 1.03 bits per heavy atom. The Bertz CT molecular complexity index is 992. The third-order valence-corrected chi connectivity index (χ3v) is 5.86. The van der Waals surface area contributed by atoms with Crippen molar-refractivity contribution in [2.75, 3.05) is 17.3 Å². The van der Waals surface area contributed by atoms with Crippen molar-refractivity contribution < 1.29 is 9.59 Å². The fourth-order valence-electron chi connectivity index (χ4n) is 2.20. The van der Waals surface area contributed by atoms with E-state index in [0.29, 0.717) is 16.9 Å². The van der Waals surface area contributed by atoms with Crippen molar-refractivity contribution in [3.8, 4) is 10.4 Å². The van der Waals surface area contributed by atoms with E-state index in [0.717, 1.165) is 15.3 Å². The first-order chi connectivity index (χ1) is 14.1. The van der Waals surface area contributed by atoms with Gasteiger partial charge in [-0.15, -0.1) is 23.1 Å². The lowest BCUT2D eigenvalue weighted by Gasteiger charge is -2.10. The molecule has 0 saturated heterocycles. The highest BCUT2D eigenvalue weighted by Crippen LogP contribution is 2.30. The molecular formula is C23H27N3O2S2. The van der Waals surface area contributed by atoms with Crippen LogP contribution in [0.1, 0.15) is 31.1 Å². The van der Waals surface area contributed by atoms with Crippen molar-refractivity contribution in [3.63, 3.8) is 0 Å². The Morgan fingerprint density at radius 2 is 1.67 bits per heavy atom. The lowest BCUT2D eigenvalue weighted by Crippen LogP contribution is -2.27. The predicted octanol–water partition coefficient (Wildman–Crippen LogP) is 5.49. The Labute approximate surface area is 185 Å². The highest BCUT2D eigenvalue weighted by Gasteiger charge is 2.16. The largest absolute Gasteiger partial charge is 0.397 e. The monoisotopic (exact) mass is 441 g/mol. The number of nitrogen functional groups attached to an aromatic ring is 1. The van der Waals surface area contributed by atoms with Crippen LogP contribution < -0.4 is 16.8 Å². The first-order valence-electron chi connectivity index (χ1n) is 9.30. The Kier molecular flexibility index (Phi) is 8.08. The van der Waals surface area contributed by atoms with Gasteiger partial charge in [0.1, 0.15) is 0 Å². The van der Waals surface area contributed by atoms with Gasteiger partial charge in [0.15, 0.2) is 0 Å². The molecule has 0 aliphatic rings. The molecule has 0 aliphatic heterocycles. The van der Waals surface area contributed by atoms with Crippen LogP contribution in [0, 0.1) is 5.41 Å². The van der Waals surface area contributed by atoms with E-state index in [2.05, 4.69) is 5.32 Å². The summed E-state index contributed by atoms with van der Waals surface area (Å²) in [7, 11) is 0. The molecule has 3 rings (SSSR count). The number of thioether (sulfide) groups is 1. The van der Waals surface area contributed by atoms with Crippen molar-refractivity contribution in [1.29, 1.82) is 0 Å². The molecule has 7 heteroatoms. The van der Waals surface area contributed by atoms with Gasteiger partial charge in [0.2, 0.25) is 5.91 Å². The summed E-state index contributed by atoms with van der Waals surface area (Å²) in [6.07, 6.45) is 2.01. The van der Waals surface area contributed by atoms with Gasteiger partial charge < -0.3 is 16.8 Å². The molecule has 0 bridgehead atoms. The van der Waals surface area contributed by atoms with E-state index in [1.165, 1.54) is 0 Å². The van der Waals surface area contributed by atoms with E-state index in [9.17, 15) is 9.59 Å². The van der Waals surface area contributed by atoms with E-state index in [-0.39, 0.29) is 17.2 Å². The fraction of sp³-hybridized carbons (Fsp3) is 0.217. The van der Waals surface area contributed by atoms with Crippen LogP contribution in [0.15, 0.2) is 64.9 Å². The van der Waals surface area contributed by atoms with Gasteiger partial charge in [-0.3, -0.25) is 9.59 Å². The molecule has 0 saturated carbocycles. The van der Waals surface area contributed by atoms with Gasteiger partial charge in [0.05, 0.1) is 11.4 Å². The van der Waals surface area contributed by atoms with Crippen LogP contribution in [-0.4, -0.2) is 18.1 Å². The summed E-state index contributed by atoms with van der Waals surface area (Å²) in [5, 5.41) is 4.93. The van der Waals surface area contributed by atoms with E-state index >= 15 is 0 Å². The highest BCUT2D eigenvalue weighted by molar-refractivity contribution is 7.98. The third-order valence-electron chi connectivity index (χ3n) is 4.20.